The lowest BCUT2D eigenvalue weighted by molar-refractivity contribution is -0.128. The largest absolute Gasteiger partial charge is 0.451 e. The molecule has 0 radical (unpaired) electrons. The third-order valence-electron chi connectivity index (χ3n) is 4.73. The highest BCUT2D eigenvalue weighted by Crippen LogP contribution is 2.28. The topological polar surface area (TPSA) is 82.8 Å². The number of hydrogen-bond donors (Lipinski definition) is 2. The van der Waals surface area contributed by atoms with E-state index in [1.165, 1.54) is 10.5 Å². The van der Waals surface area contributed by atoms with Crippen LogP contribution in [0.25, 0.3) is 11.0 Å². The minimum absolute atomic E-state index is 0.151. The summed E-state index contributed by atoms with van der Waals surface area (Å²) in [6.07, 6.45) is 2.26. The number of amides is 2. The molecule has 25 heavy (non-hydrogen) atoms. The lowest BCUT2D eigenvalue weighted by Gasteiger charge is -2.34. The van der Waals surface area contributed by atoms with Gasteiger partial charge in [-0.2, -0.15) is 0 Å². The highest BCUT2D eigenvalue weighted by atomic mass is 16.3. The number of nitrogens with zero attached hydrogens (tertiary/aromatic N) is 1. The highest BCUT2D eigenvalue weighted by Gasteiger charge is 2.35. The second-order valence-electron chi connectivity index (χ2n) is 6.45. The van der Waals surface area contributed by atoms with Gasteiger partial charge < -0.3 is 19.7 Å². The summed E-state index contributed by atoms with van der Waals surface area (Å²) in [5.41, 5.74) is 2.70. The fourth-order valence-electron chi connectivity index (χ4n) is 3.41. The second kappa shape index (κ2) is 7.27. The van der Waals surface area contributed by atoms with Gasteiger partial charge in [-0.05, 0) is 37.5 Å². The molecule has 1 atom stereocenters. The van der Waals surface area contributed by atoms with Gasteiger partial charge in [-0.1, -0.05) is 19.4 Å². The van der Waals surface area contributed by atoms with E-state index >= 15 is 0 Å². The van der Waals surface area contributed by atoms with Crippen molar-refractivity contribution in [3.63, 3.8) is 0 Å². The number of fused-ring (bicyclic) bond motifs is 1. The third kappa shape index (κ3) is 3.26. The summed E-state index contributed by atoms with van der Waals surface area (Å²) >= 11 is 0. The summed E-state index contributed by atoms with van der Waals surface area (Å²) in [6.45, 7) is 4.67. The fourth-order valence-corrected chi connectivity index (χ4v) is 3.41. The van der Waals surface area contributed by atoms with Crippen LogP contribution in [-0.4, -0.2) is 47.6 Å². The smallest absolute Gasteiger partial charge is 0.290 e. The Labute approximate surface area is 146 Å². The van der Waals surface area contributed by atoms with Crippen molar-refractivity contribution in [2.45, 2.75) is 39.2 Å². The predicted octanol–water partition coefficient (Wildman–Crippen LogP) is 2.02. The highest BCUT2D eigenvalue weighted by molar-refractivity contribution is 6.01. The van der Waals surface area contributed by atoms with Crippen molar-refractivity contribution in [2.75, 3.05) is 19.7 Å². The molecule has 2 amide bonds. The Balaban J connectivity index is 1.95. The summed E-state index contributed by atoms with van der Waals surface area (Å²) in [6, 6.07) is 5.33. The van der Waals surface area contributed by atoms with Gasteiger partial charge in [-0.3, -0.25) is 9.59 Å². The number of aliphatic hydroxyl groups excluding tert-OH is 1. The average molecular weight is 344 g/mol. The Morgan fingerprint density at radius 3 is 2.96 bits per heavy atom. The molecule has 2 N–H and O–H groups in total. The molecular formula is C19H24N2O4. The summed E-state index contributed by atoms with van der Waals surface area (Å²) in [4.78, 5) is 26.6. The second-order valence-corrected chi connectivity index (χ2v) is 6.45. The molecule has 1 fully saturated rings. The average Bonchev–Trinajstić information content (AvgIpc) is 2.93. The van der Waals surface area contributed by atoms with Crippen molar-refractivity contribution in [3.8, 4) is 0 Å². The molecule has 0 unspecified atom stereocenters. The number of nitrogens with one attached hydrogen (secondary N) is 1. The lowest BCUT2D eigenvalue weighted by atomic mass is 10.0. The van der Waals surface area contributed by atoms with Crippen molar-refractivity contribution in [1.82, 2.24) is 10.2 Å². The molecule has 1 aliphatic heterocycles. The summed E-state index contributed by atoms with van der Waals surface area (Å²) < 4.78 is 5.82. The zero-order chi connectivity index (χ0) is 18.0. The Hall–Kier alpha value is -2.34. The van der Waals surface area contributed by atoms with Crippen LogP contribution in [-0.2, 0) is 11.2 Å². The van der Waals surface area contributed by atoms with E-state index in [1.54, 1.807) is 0 Å². The first-order valence-corrected chi connectivity index (χ1v) is 8.78. The lowest BCUT2D eigenvalue weighted by Crippen LogP contribution is -2.57. The first kappa shape index (κ1) is 17.5. The van der Waals surface area contributed by atoms with Gasteiger partial charge in [0.15, 0.2) is 5.76 Å². The van der Waals surface area contributed by atoms with Crippen molar-refractivity contribution in [1.29, 1.82) is 0 Å². The number of rotatable bonds is 5. The minimum Gasteiger partial charge on any atom is -0.451 e. The van der Waals surface area contributed by atoms with Crippen LogP contribution in [0.2, 0.25) is 0 Å². The predicted molar refractivity (Wildman–Crippen MR) is 94.5 cm³/mol. The van der Waals surface area contributed by atoms with E-state index in [2.05, 4.69) is 18.3 Å². The molecule has 6 heteroatoms. The van der Waals surface area contributed by atoms with E-state index in [9.17, 15) is 14.7 Å². The van der Waals surface area contributed by atoms with Crippen LogP contribution < -0.4 is 5.32 Å². The maximum absolute atomic E-state index is 13.0. The summed E-state index contributed by atoms with van der Waals surface area (Å²) in [5, 5.41) is 12.9. The van der Waals surface area contributed by atoms with E-state index in [0.29, 0.717) is 18.7 Å². The Bertz CT molecular complexity index is 796. The molecule has 0 bridgehead atoms. The first-order chi connectivity index (χ1) is 12.1. The zero-order valence-electron chi connectivity index (χ0n) is 14.7. The number of piperazine rings is 1. The van der Waals surface area contributed by atoms with Crippen LogP contribution in [0.5, 0.6) is 0 Å². The minimum atomic E-state index is -0.658. The summed E-state index contributed by atoms with van der Waals surface area (Å²) in [5.74, 6) is -0.243. The molecule has 1 aromatic carbocycles. The van der Waals surface area contributed by atoms with Crippen LogP contribution in [0.15, 0.2) is 22.6 Å². The maximum Gasteiger partial charge on any atom is 0.290 e. The van der Waals surface area contributed by atoms with E-state index in [0.717, 1.165) is 23.8 Å². The van der Waals surface area contributed by atoms with Gasteiger partial charge in [0.2, 0.25) is 5.91 Å². The van der Waals surface area contributed by atoms with Gasteiger partial charge in [0.25, 0.3) is 5.91 Å². The number of hydrogen-bond acceptors (Lipinski definition) is 4. The maximum atomic E-state index is 13.0. The molecule has 6 nitrogen and oxygen atoms in total. The number of aliphatic hydroxyl groups is 1. The monoisotopic (exact) mass is 344 g/mol. The van der Waals surface area contributed by atoms with Crippen molar-refractivity contribution in [2.24, 2.45) is 0 Å². The van der Waals surface area contributed by atoms with Crippen LogP contribution in [0, 0.1) is 6.92 Å². The van der Waals surface area contributed by atoms with Crippen LogP contribution in [0.3, 0.4) is 0 Å². The summed E-state index contributed by atoms with van der Waals surface area (Å²) in [7, 11) is 0. The third-order valence-corrected chi connectivity index (χ3v) is 4.73. The van der Waals surface area contributed by atoms with Crippen molar-refractivity contribution >= 4 is 22.8 Å². The van der Waals surface area contributed by atoms with E-state index in [-0.39, 0.29) is 30.6 Å². The van der Waals surface area contributed by atoms with Gasteiger partial charge in [0.1, 0.15) is 11.6 Å². The van der Waals surface area contributed by atoms with E-state index in [1.807, 2.05) is 19.1 Å². The molecule has 134 valence electrons. The molecular weight excluding hydrogens is 320 g/mol. The first-order valence-electron chi connectivity index (χ1n) is 8.78. The number of furan rings is 1. The van der Waals surface area contributed by atoms with Crippen LogP contribution >= 0.6 is 0 Å². The van der Waals surface area contributed by atoms with E-state index < -0.39 is 6.04 Å². The molecule has 2 aromatic rings. The molecule has 1 saturated heterocycles. The van der Waals surface area contributed by atoms with Crippen molar-refractivity contribution < 1.29 is 19.1 Å². The Morgan fingerprint density at radius 1 is 1.44 bits per heavy atom. The molecule has 0 aliphatic carbocycles. The fraction of sp³-hybridized carbons (Fsp3) is 0.474. The molecule has 0 saturated carbocycles. The number of carbonyl (C=O) groups excluding carboxylic acids is 2. The van der Waals surface area contributed by atoms with Gasteiger partial charge >= 0.3 is 0 Å². The Morgan fingerprint density at radius 2 is 2.24 bits per heavy atom. The quantitative estimate of drug-likeness (QED) is 0.869. The van der Waals surface area contributed by atoms with Crippen LogP contribution in [0.1, 0.15) is 41.4 Å². The number of benzene rings is 1. The molecule has 3 rings (SSSR count). The molecule has 2 heterocycles. The standard InChI is InChI=1S/C19H24N2O4/c1-3-4-13-5-6-16-14(11-13)12(2)17(25-16)19(24)21-9-8-20-18(23)15(21)7-10-22/h5-6,11,15,22H,3-4,7-10H2,1-2H3,(H,20,23)/t15-/m0/s1. The molecule has 1 aromatic heterocycles. The van der Waals surface area contributed by atoms with Crippen molar-refractivity contribution in [3.05, 3.63) is 35.1 Å². The number of aryl methyl sites for hydroxylation is 2. The van der Waals surface area contributed by atoms with Crippen LogP contribution in [0.4, 0.5) is 0 Å². The zero-order valence-corrected chi connectivity index (χ0v) is 14.7. The normalized spacial score (nSPS) is 17.8. The van der Waals surface area contributed by atoms with Gasteiger partial charge in [-0.15, -0.1) is 0 Å². The molecule has 0 spiro atoms. The molecule has 1 aliphatic rings. The van der Waals surface area contributed by atoms with Gasteiger partial charge in [-0.25, -0.2) is 0 Å². The number of carbonyl (C=O) groups is 2. The van der Waals surface area contributed by atoms with Gasteiger partial charge in [0, 0.05) is 30.6 Å². The van der Waals surface area contributed by atoms with E-state index in [4.69, 9.17) is 4.42 Å². The SMILES string of the molecule is CCCc1ccc2oc(C(=O)N3CCNC(=O)[C@@H]3CCO)c(C)c2c1. The Kier molecular flexibility index (Phi) is 5.08. The van der Waals surface area contributed by atoms with Gasteiger partial charge in [0.05, 0.1) is 0 Å².